The number of aryl methyl sites for hydroxylation is 1. The van der Waals surface area contributed by atoms with Crippen molar-refractivity contribution in [3.8, 4) is 0 Å². The number of hydrogen-bond acceptors (Lipinski definition) is 6. The fraction of sp³-hybridized carbons (Fsp3) is 0.235. The molecule has 0 saturated heterocycles. The van der Waals surface area contributed by atoms with Gasteiger partial charge in [-0.25, -0.2) is 8.42 Å². The average molecular weight is 389 g/mol. The van der Waals surface area contributed by atoms with Gasteiger partial charge < -0.3 is 9.84 Å². The number of aromatic nitrogens is 3. The molecular formula is C17H19N5O4S. The highest BCUT2D eigenvalue weighted by Gasteiger charge is 2.25. The zero-order valence-electron chi connectivity index (χ0n) is 14.9. The first-order valence-corrected chi connectivity index (χ1v) is 9.54. The molecule has 27 heavy (non-hydrogen) atoms. The minimum atomic E-state index is -3.85. The Morgan fingerprint density at radius 2 is 2.04 bits per heavy atom. The van der Waals surface area contributed by atoms with Crippen molar-refractivity contribution in [3.05, 3.63) is 60.1 Å². The van der Waals surface area contributed by atoms with E-state index in [1.807, 2.05) is 30.3 Å². The number of nitrogens with zero attached hydrogens (tertiary/aromatic N) is 4. The summed E-state index contributed by atoms with van der Waals surface area (Å²) < 4.78 is 32.6. The molecule has 0 saturated carbocycles. The fourth-order valence-corrected chi connectivity index (χ4v) is 3.49. The first-order chi connectivity index (χ1) is 12.8. The van der Waals surface area contributed by atoms with Crippen molar-refractivity contribution >= 4 is 21.7 Å². The van der Waals surface area contributed by atoms with Crippen LogP contribution in [0.3, 0.4) is 0 Å². The second-order valence-electron chi connectivity index (χ2n) is 5.99. The summed E-state index contributed by atoms with van der Waals surface area (Å²) in [5.41, 5.74) is 1.00. The van der Waals surface area contributed by atoms with Crippen LogP contribution in [0.2, 0.25) is 0 Å². The van der Waals surface area contributed by atoms with Crippen LogP contribution in [0, 0.1) is 6.92 Å². The standard InChI is InChI=1S/C17H19N5O4S/c1-13-8-16(20-26-13)19-17(23)12-21(2)27(24,25)15-9-18-22(11-15)10-14-6-4-3-5-7-14/h3-9,11H,10,12H2,1-2H3,(H,19,20,23). The number of anilines is 1. The first kappa shape index (κ1) is 18.8. The highest BCUT2D eigenvalue weighted by atomic mass is 32.2. The van der Waals surface area contributed by atoms with E-state index < -0.39 is 15.9 Å². The number of benzene rings is 1. The Morgan fingerprint density at radius 1 is 1.30 bits per heavy atom. The summed E-state index contributed by atoms with van der Waals surface area (Å²) in [6.07, 6.45) is 2.71. The van der Waals surface area contributed by atoms with Crippen molar-refractivity contribution in [2.45, 2.75) is 18.4 Å². The smallest absolute Gasteiger partial charge is 0.246 e. The summed E-state index contributed by atoms with van der Waals surface area (Å²) in [4.78, 5) is 12.1. The Labute approximate surface area is 156 Å². The molecule has 142 valence electrons. The third-order valence-corrected chi connectivity index (χ3v) is 5.52. The van der Waals surface area contributed by atoms with Crippen LogP contribution < -0.4 is 5.32 Å². The summed E-state index contributed by atoms with van der Waals surface area (Å²) in [5.74, 6) is 0.252. The molecule has 9 nitrogen and oxygen atoms in total. The number of sulfonamides is 1. The highest BCUT2D eigenvalue weighted by Crippen LogP contribution is 2.14. The number of rotatable bonds is 7. The normalized spacial score (nSPS) is 11.7. The van der Waals surface area contributed by atoms with Gasteiger partial charge in [-0.3, -0.25) is 9.48 Å². The predicted molar refractivity (Wildman–Crippen MR) is 97.5 cm³/mol. The predicted octanol–water partition coefficient (Wildman–Crippen LogP) is 1.49. The largest absolute Gasteiger partial charge is 0.360 e. The summed E-state index contributed by atoms with van der Waals surface area (Å²) in [6, 6.07) is 11.1. The molecule has 0 radical (unpaired) electrons. The van der Waals surface area contributed by atoms with Crippen LogP contribution in [0.5, 0.6) is 0 Å². The lowest BCUT2D eigenvalue weighted by atomic mass is 10.2. The molecule has 0 atom stereocenters. The lowest BCUT2D eigenvalue weighted by Gasteiger charge is -2.15. The van der Waals surface area contributed by atoms with Gasteiger partial charge in [0.15, 0.2) is 5.82 Å². The zero-order valence-corrected chi connectivity index (χ0v) is 15.7. The van der Waals surface area contributed by atoms with Crippen molar-refractivity contribution in [1.82, 2.24) is 19.2 Å². The molecule has 1 amide bonds. The quantitative estimate of drug-likeness (QED) is 0.655. The molecule has 0 bridgehead atoms. The Balaban J connectivity index is 1.65. The molecule has 0 aliphatic heterocycles. The number of nitrogens with one attached hydrogen (secondary N) is 1. The maximum atomic E-state index is 12.6. The highest BCUT2D eigenvalue weighted by molar-refractivity contribution is 7.89. The fourth-order valence-electron chi connectivity index (χ4n) is 2.41. The van der Waals surface area contributed by atoms with E-state index in [2.05, 4.69) is 15.6 Å². The van der Waals surface area contributed by atoms with Crippen LogP contribution in [0.25, 0.3) is 0 Å². The summed E-state index contributed by atoms with van der Waals surface area (Å²) in [5, 5.41) is 10.2. The number of amides is 1. The van der Waals surface area contributed by atoms with E-state index in [0.29, 0.717) is 12.3 Å². The monoisotopic (exact) mass is 389 g/mol. The molecule has 0 spiro atoms. The van der Waals surface area contributed by atoms with Gasteiger partial charge in [-0.2, -0.15) is 9.40 Å². The maximum Gasteiger partial charge on any atom is 0.246 e. The molecule has 0 fully saturated rings. The van der Waals surface area contributed by atoms with Gasteiger partial charge in [-0.1, -0.05) is 35.5 Å². The van der Waals surface area contributed by atoms with E-state index in [0.717, 1.165) is 9.87 Å². The molecule has 0 aliphatic rings. The van der Waals surface area contributed by atoms with Gasteiger partial charge in [-0.05, 0) is 12.5 Å². The SMILES string of the molecule is Cc1cc(NC(=O)CN(C)S(=O)(=O)c2cnn(Cc3ccccc3)c2)no1. The van der Waals surface area contributed by atoms with Crippen molar-refractivity contribution in [1.29, 1.82) is 0 Å². The molecule has 2 aromatic heterocycles. The van der Waals surface area contributed by atoms with Crippen molar-refractivity contribution in [2.24, 2.45) is 0 Å². The van der Waals surface area contributed by atoms with E-state index in [1.165, 1.54) is 24.1 Å². The van der Waals surface area contributed by atoms with Crippen LogP contribution in [-0.2, 0) is 21.4 Å². The van der Waals surface area contributed by atoms with Gasteiger partial charge in [0.25, 0.3) is 0 Å². The number of likely N-dealkylation sites (N-methyl/N-ethyl adjacent to an activating group) is 1. The number of carbonyl (C=O) groups is 1. The maximum absolute atomic E-state index is 12.6. The third-order valence-electron chi connectivity index (χ3n) is 3.77. The van der Waals surface area contributed by atoms with Crippen LogP contribution in [0.4, 0.5) is 5.82 Å². The lowest BCUT2D eigenvalue weighted by Crippen LogP contribution is -2.34. The summed E-state index contributed by atoms with van der Waals surface area (Å²) >= 11 is 0. The van der Waals surface area contributed by atoms with Gasteiger partial charge in [0, 0.05) is 19.3 Å². The zero-order chi connectivity index (χ0) is 19.4. The third kappa shape index (κ3) is 4.60. The molecule has 2 heterocycles. The van der Waals surface area contributed by atoms with Crippen molar-refractivity contribution < 1.29 is 17.7 Å². The summed E-state index contributed by atoms with van der Waals surface area (Å²) in [7, 11) is -2.52. The number of carbonyl (C=O) groups excluding carboxylic acids is 1. The average Bonchev–Trinajstić information content (AvgIpc) is 3.25. The molecule has 3 aromatic rings. The van der Waals surface area contributed by atoms with Crippen LogP contribution in [-0.4, -0.2) is 47.2 Å². The van der Waals surface area contributed by atoms with Crippen molar-refractivity contribution in [3.63, 3.8) is 0 Å². The minimum Gasteiger partial charge on any atom is -0.360 e. The van der Waals surface area contributed by atoms with Gasteiger partial charge >= 0.3 is 0 Å². The van der Waals surface area contributed by atoms with Gasteiger partial charge in [0.05, 0.1) is 19.3 Å². The van der Waals surface area contributed by atoms with Gasteiger partial charge in [0.2, 0.25) is 15.9 Å². The summed E-state index contributed by atoms with van der Waals surface area (Å²) in [6.45, 7) is 1.77. The Hall–Kier alpha value is -2.98. The molecule has 1 N–H and O–H groups in total. The van der Waals surface area contributed by atoms with Gasteiger partial charge in [0.1, 0.15) is 10.7 Å². The van der Waals surface area contributed by atoms with Crippen LogP contribution in [0.15, 0.2) is 58.2 Å². The van der Waals surface area contributed by atoms with Crippen molar-refractivity contribution in [2.75, 3.05) is 18.9 Å². The topological polar surface area (TPSA) is 110 Å². The van der Waals surface area contributed by atoms with E-state index in [4.69, 9.17) is 4.52 Å². The molecular weight excluding hydrogens is 370 g/mol. The van der Waals surface area contributed by atoms with E-state index in [9.17, 15) is 13.2 Å². The Kier molecular flexibility index (Phi) is 5.38. The molecule has 1 aromatic carbocycles. The Bertz CT molecular complexity index is 1030. The van der Waals surface area contributed by atoms with Gasteiger partial charge in [-0.15, -0.1) is 0 Å². The second kappa shape index (κ2) is 7.72. The first-order valence-electron chi connectivity index (χ1n) is 8.10. The van der Waals surface area contributed by atoms with E-state index >= 15 is 0 Å². The molecule has 0 aliphatic carbocycles. The van der Waals surface area contributed by atoms with Crippen LogP contribution >= 0.6 is 0 Å². The number of hydrogen-bond donors (Lipinski definition) is 1. The van der Waals surface area contributed by atoms with E-state index in [1.54, 1.807) is 13.0 Å². The molecule has 10 heteroatoms. The second-order valence-corrected chi connectivity index (χ2v) is 8.04. The minimum absolute atomic E-state index is 0.0195. The lowest BCUT2D eigenvalue weighted by molar-refractivity contribution is -0.116. The Morgan fingerprint density at radius 3 is 2.70 bits per heavy atom. The molecule has 3 rings (SSSR count). The van der Waals surface area contributed by atoms with Crippen LogP contribution in [0.1, 0.15) is 11.3 Å². The molecule has 0 unspecified atom stereocenters. The van der Waals surface area contributed by atoms with E-state index in [-0.39, 0.29) is 17.3 Å².